The third-order valence-electron chi connectivity index (χ3n) is 3.55. The summed E-state index contributed by atoms with van der Waals surface area (Å²) in [6, 6.07) is 0. The highest BCUT2D eigenvalue weighted by atomic mass is 16.5. The molecule has 1 amide bonds. The van der Waals surface area contributed by atoms with Crippen LogP contribution in [0.25, 0.3) is 0 Å². The smallest absolute Gasteiger partial charge is 0.223 e. The summed E-state index contributed by atoms with van der Waals surface area (Å²) < 4.78 is 15.6. The normalized spacial score (nSPS) is 19.8. The Kier molecular flexibility index (Phi) is 11.4. The summed E-state index contributed by atoms with van der Waals surface area (Å²) in [5.74, 6) is 0.314. The van der Waals surface area contributed by atoms with Gasteiger partial charge in [-0.05, 0) is 32.4 Å². The topological polar surface area (TPSA) is 68.8 Å². The first-order valence-corrected chi connectivity index (χ1v) is 7.97. The van der Waals surface area contributed by atoms with Gasteiger partial charge in [0.05, 0.1) is 33.0 Å². The molecule has 124 valence electrons. The lowest BCUT2D eigenvalue weighted by Gasteiger charge is -2.19. The van der Waals surface area contributed by atoms with Crippen LogP contribution in [0.2, 0.25) is 0 Å². The molecule has 1 saturated heterocycles. The van der Waals surface area contributed by atoms with Crippen LogP contribution >= 0.6 is 0 Å². The molecule has 1 atom stereocenters. The number of rotatable bonds is 10. The summed E-state index contributed by atoms with van der Waals surface area (Å²) in [7, 11) is 1.65. The molecular weight excluding hydrogens is 272 g/mol. The molecule has 1 unspecified atom stereocenters. The molecule has 0 aromatic carbocycles. The van der Waals surface area contributed by atoms with E-state index in [2.05, 4.69) is 10.6 Å². The highest BCUT2D eigenvalue weighted by molar-refractivity contribution is 5.78. The molecule has 0 bridgehead atoms. The van der Waals surface area contributed by atoms with Crippen molar-refractivity contribution in [2.24, 2.45) is 5.92 Å². The van der Waals surface area contributed by atoms with Crippen molar-refractivity contribution >= 4 is 5.91 Å². The fourth-order valence-corrected chi connectivity index (χ4v) is 2.30. The highest BCUT2D eigenvalue weighted by Crippen LogP contribution is 2.14. The van der Waals surface area contributed by atoms with E-state index in [0.29, 0.717) is 39.6 Å². The van der Waals surface area contributed by atoms with E-state index in [9.17, 15) is 4.79 Å². The van der Waals surface area contributed by atoms with Crippen LogP contribution < -0.4 is 10.6 Å². The van der Waals surface area contributed by atoms with E-state index >= 15 is 0 Å². The Morgan fingerprint density at radius 3 is 2.62 bits per heavy atom. The quantitative estimate of drug-likeness (QED) is 0.577. The number of ether oxygens (including phenoxy) is 3. The Morgan fingerprint density at radius 2 is 1.81 bits per heavy atom. The predicted molar refractivity (Wildman–Crippen MR) is 81.4 cm³/mol. The van der Waals surface area contributed by atoms with Gasteiger partial charge in [-0.3, -0.25) is 4.79 Å². The summed E-state index contributed by atoms with van der Waals surface area (Å²) in [6.07, 6.45) is 4.22. The minimum atomic E-state index is 0.148. The van der Waals surface area contributed by atoms with Crippen LogP contribution in [-0.2, 0) is 19.0 Å². The van der Waals surface area contributed by atoms with Crippen molar-refractivity contribution in [2.75, 3.05) is 59.8 Å². The Balaban J connectivity index is 1.94. The standard InChI is InChI=1S/C15H30N2O4/c1-19-10-11-21-13-12-20-9-8-17-15(18)14-4-2-3-6-16-7-5-14/h14,16H,2-13H2,1H3,(H,17,18). The lowest BCUT2D eigenvalue weighted by atomic mass is 9.96. The number of hydrogen-bond acceptors (Lipinski definition) is 5. The largest absolute Gasteiger partial charge is 0.382 e. The molecule has 0 spiro atoms. The zero-order chi connectivity index (χ0) is 15.2. The maximum atomic E-state index is 12.0. The molecule has 1 aliphatic heterocycles. The van der Waals surface area contributed by atoms with Crippen molar-refractivity contribution in [3.63, 3.8) is 0 Å². The summed E-state index contributed by atoms with van der Waals surface area (Å²) in [4.78, 5) is 12.0. The number of nitrogens with one attached hydrogen (secondary N) is 2. The van der Waals surface area contributed by atoms with Crippen LogP contribution in [0, 0.1) is 5.92 Å². The number of methoxy groups -OCH3 is 1. The van der Waals surface area contributed by atoms with E-state index in [4.69, 9.17) is 14.2 Å². The number of carbonyl (C=O) groups excluding carboxylic acids is 1. The second-order valence-electron chi connectivity index (χ2n) is 5.24. The second kappa shape index (κ2) is 13.0. The fourth-order valence-electron chi connectivity index (χ4n) is 2.30. The first-order valence-electron chi connectivity index (χ1n) is 7.97. The first-order chi connectivity index (χ1) is 10.3. The van der Waals surface area contributed by atoms with Crippen molar-refractivity contribution in [1.82, 2.24) is 10.6 Å². The van der Waals surface area contributed by atoms with Crippen LogP contribution in [0.3, 0.4) is 0 Å². The third kappa shape index (κ3) is 9.79. The molecule has 1 rings (SSSR count). The van der Waals surface area contributed by atoms with Crippen LogP contribution in [0.5, 0.6) is 0 Å². The van der Waals surface area contributed by atoms with Gasteiger partial charge >= 0.3 is 0 Å². The van der Waals surface area contributed by atoms with Gasteiger partial charge in [0, 0.05) is 19.6 Å². The summed E-state index contributed by atoms with van der Waals surface area (Å²) in [5.41, 5.74) is 0. The number of carbonyl (C=O) groups is 1. The number of hydrogen-bond donors (Lipinski definition) is 2. The average molecular weight is 302 g/mol. The van der Waals surface area contributed by atoms with Crippen molar-refractivity contribution in [1.29, 1.82) is 0 Å². The maximum absolute atomic E-state index is 12.0. The molecule has 0 aromatic heterocycles. The van der Waals surface area contributed by atoms with Gasteiger partial charge in [-0.25, -0.2) is 0 Å². The summed E-state index contributed by atoms with van der Waals surface area (Å²) in [5, 5.41) is 6.31. The fraction of sp³-hybridized carbons (Fsp3) is 0.933. The van der Waals surface area contributed by atoms with Gasteiger partial charge in [0.15, 0.2) is 0 Å². The maximum Gasteiger partial charge on any atom is 0.223 e. The molecule has 0 aromatic rings. The summed E-state index contributed by atoms with van der Waals surface area (Å²) >= 11 is 0. The minimum Gasteiger partial charge on any atom is -0.382 e. The predicted octanol–water partition coefficient (Wildman–Crippen LogP) is 0.562. The molecule has 0 radical (unpaired) electrons. The van der Waals surface area contributed by atoms with Crippen LogP contribution in [-0.4, -0.2) is 65.7 Å². The molecule has 6 heteroatoms. The van der Waals surface area contributed by atoms with E-state index in [-0.39, 0.29) is 11.8 Å². The third-order valence-corrected chi connectivity index (χ3v) is 3.55. The van der Waals surface area contributed by atoms with E-state index < -0.39 is 0 Å². The molecule has 0 saturated carbocycles. The molecule has 0 aliphatic carbocycles. The van der Waals surface area contributed by atoms with Gasteiger partial charge in [-0.15, -0.1) is 0 Å². The van der Waals surface area contributed by atoms with E-state index in [1.807, 2.05) is 0 Å². The second-order valence-corrected chi connectivity index (χ2v) is 5.24. The van der Waals surface area contributed by atoms with Crippen LogP contribution in [0.1, 0.15) is 25.7 Å². The summed E-state index contributed by atoms with van der Waals surface area (Å²) in [6.45, 7) is 5.42. The van der Waals surface area contributed by atoms with E-state index in [1.165, 1.54) is 0 Å². The Labute approximate surface area is 127 Å². The average Bonchev–Trinajstić information content (AvgIpc) is 2.45. The van der Waals surface area contributed by atoms with Crippen molar-refractivity contribution in [2.45, 2.75) is 25.7 Å². The van der Waals surface area contributed by atoms with Crippen molar-refractivity contribution in [3.8, 4) is 0 Å². The zero-order valence-electron chi connectivity index (χ0n) is 13.2. The zero-order valence-corrected chi connectivity index (χ0v) is 13.2. The number of amides is 1. The Hall–Kier alpha value is -0.690. The molecular formula is C15H30N2O4. The van der Waals surface area contributed by atoms with Gasteiger partial charge in [0.2, 0.25) is 5.91 Å². The molecule has 2 N–H and O–H groups in total. The highest BCUT2D eigenvalue weighted by Gasteiger charge is 2.18. The molecule has 1 heterocycles. The minimum absolute atomic E-state index is 0.148. The van der Waals surface area contributed by atoms with Gasteiger partial charge in [0.25, 0.3) is 0 Å². The Bertz CT molecular complexity index is 256. The first kappa shape index (κ1) is 18.4. The van der Waals surface area contributed by atoms with Crippen LogP contribution in [0.4, 0.5) is 0 Å². The SMILES string of the molecule is COCCOCCOCCNC(=O)C1CCCCNCC1. The van der Waals surface area contributed by atoms with E-state index in [1.54, 1.807) is 7.11 Å². The van der Waals surface area contributed by atoms with Gasteiger partial charge in [-0.1, -0.05) is 6.42 Å². The van der Waals surface area contributed by atoms with Gasteiger partial charge in [0.1, 0.15) is 0 Å². The lowest BCUT2D eigenvalue weighted by molar-refractivity contribution is -0.125. The lowest BCUT2D eigenvalue weighted by Crippen LogP contribution is -2.36. The van der Waals surface area contributed by atoms with Gasteiger partial charge in [-0.2, -0.15) is 0 Å². The van der Waals surface area contributed by atoms with Crippen molar-refractivity contribution < 1.29 is 19.0 Å². The molecule has 21 heavy (non-hydrogen) atoms. The molecule has 1 fully saturated rings. The van der Waals surface area contributed by atoms with Gasteiger partial charge < -0.3 is 24.8 Å². The van der Waals surface area contributed by atoms with E-state index in [0.717, 1.165) is 38.8 Å². The van der Waals surface area contributed by atoms with Crippen LogP contribution in [0.15, 0.2) is 0 Å². The molecule has 6 nitrogen and oxygen atoms in total. The monoisotopic (exact) mass is 302 g/mol. The van der Waals surface area contributed by atoms with Crippen molar-refractivity contribution in [3.05, 3.63) is 0 Å². The Morgan fingerprint density at radius 1 is 1.05 bits per heavy atom. The molecule has 1 aliphatic rings.